The van der Waals surface area contributed by atoms with Gasteiger partial charge in [-0.3, -0.25) is 9.89 Å². The minimum absolute atomic E-state index is 0.00861. The molecule has 0 aliphatic rings. The van der Waals surface area contributed by atoms with Gasteiger partial charge in [-0.25, -0.2) is 13.1 Å². The standard InChI is InChI=1S/C9H16N4O3S/c1-3-6-17(15,16)13-7(2)9(14)11-8-4-5-10-12-8/h4-5,7,13H,3,6H2,1-2H3,(H2,10,11,12,14). The molecule has 1 atom stereocenters. The van der Waals surface area contributed by atoms with Crippen molar-refractivity contribution in [1.82, 2.24) is 14.9 Å². The summed E-state index contributed by atoms with van der Waals surface area (Å²) >= 11 is 0. The summed E-state index contributed by atoms with van der Waals surface area (Å²) in [5, 5.41) is 8.71. The van der Waals surface area contributed by atoms with Gasteiger partial charge < -0.3 is 5.32 Å². The van der Waals surface area contributed by atoms with Gasteiger partial charge >= 0.3 is 0 Å². The molecular formula is C9H16N4O3S. The summed E-state index contributed by atoms with van der Waals surface area (Å²) in [4.78, 5) is 11.6. The number of anilines is 1. The summed E-state index contributed by atoms with van der Waals surface area (Å²) in [5.41, 5.74) is 0. The van der Waals surface area contributed by atoms with Crippen LogP contribution in [0.1, 0.15) is 20.3 Å². The van der Waals surface area contributed by atoms with Gasteiger partial charge in [-0.05, 0) is 13.3 Å². The Bertz CT molecular complexity index is 455. The number of nitrogens with zero attached hydrogens (tertiary/aromatic N) is 1. The second-order valence-corrected chi connectivity index (χ2v) is 5.49. The number of amides is 1. The van der Waals surface area contributed by atoms with Crippen LogP contribution in [0.5, 0.6) is 0 Å². The molecule has 0 aliphatic carbocycles. The number of hydrogen-bond acceptors (Lipinski definition) is 4. The molecule has 1 aromatic heterocycles. The molecule has 0 saturated heterocycles. The summed E-state index contributed by atoms with van der Waals surface area (Å²) in [7, 11) is -3.39. The van der Waals surface area contributed by atoms with Crippen molar-refractivity contribution in [3.8, 4) is 0 Å². The lowest BCUT2D eigenvalue weighted by Crippen LogP contribution is -2.42. The molecule has 7 nitrogen and oxygen atoms in total. The molecule has 0 aromatic carbocycles. The fraction of sp³-hybridized carbons (Fsp3) is 0.556. The Labute approximate surface area is 100 Å². The molecule has 17 heavy (non-hydrogen) atoms. The molecule has 0 fully saturated rings. The molecule has 96 valence electrons. The third-order valence-corrected chi connectivity index (χ3v) is 3.64. The summed E-state index contributed by atoms with van der Waals surface area (Å²) in [6, 6.07) is 0.750. The fourth-order valence-electron chi connectivity index (χ4n) is 1.22. The van der Waals surface area contributed by atoms with Gasteiger partial charge in [0.1, 0.15) is 5.82 Å². The Morgan fingerprint density at radius 3 is 2.82 bits per heavy atom. The molecule has 0 bridgehead atoms. The van der Waals surface area contributed by atoms with E-state index in [-0.39, 0.29) is 5.75 Å². The van der Waals surface area contributed by atoms with Crippen molar-refractivity contribution in [2.75, 3.05) is 11.1 Å². The van der Waals surface area contributed by atoms with E-state index in [0.29, 0.717) is 12.2 Å². The van der Waals surface area contributed by atoms with E-state index in [1.165, 1.54) is 13.1 Å². The molecule has 1 heterocycles. The average molecular weight is 260 g/mol. The predicted octanol–water partition coefficient (Wildman–Crippen LogP) is 0.0661. The first kappa shape index (κ1) is 13.7. The normalized spacial score (nSPS) is 13.3. The highest BCUT2D eigenvalue weighted by molar-refractivity contribution is 7.89. The molecule has 0 radical (unpaired) electrons. The fourth-order valence-corrected chi connectivity index (χ4v) is 2.52. The number of nitrogens with one attached hydrogen (secondary N) is 3. The molecule has 0 saturated carbocycles. The minimum atomic E-state index is -3.39. The Balaban J connectivity index is 2.53. The Kier molecular flexibility index (Phi) is 4.64. The van der Waals surface area contributed by atoms with Crippen molar-refractivity contribution in [2.45, 2.75) is 26.3 Å². The molecule has 1 unspecified atom stereocenters. The van der Waals surface area contributed by atoms with Crippen LogP contribution in [0.15, 0.2) is 12.3 Å². The topological polar surface area (TPSA) is 104 Å². The largest absolute Gasteiger partial charge is 0.310 e. The third kappa shape index (κ3) is 4.53. The summed E-state index contributed by atoms with van der Waals surface area (Å²) in [5.74, 6) is -0.000218. The van der Waals surface area contributed by atoms with Gasteiger partial charge in [-0.15, -0.1) is 0 Å². The smallest absolute Gasteiger partial charge is 0.243 e. The zero-order chi connectivity index (χ0) is 12.9. The summed E-state index contributed by atoms with van der Waals surface area (Å²) in [6.45, 7) is 3.24. The first-order chi connectivity index (χ1) is 7.94. The number of carbonyl (C=O) groups excluding carboxylic acids is 1. The second-order valence-electron chi connectivity index (χ2n) is 3.62. The SMILES string of the molecule is CCCS(=O)(=O)NC(C)C(=O)Nc1ccn[nH]1. The minimum Gasteiger partial charge on any atom is -0.310 e. The number of aromatic nitrogens is 2. The van der Waals surface area contributed by atoms with Crippen LogP contribution in [-0.4, -0.2) is 36.3 Å². The maximum atomic E-state index is 11.6. The Morgan fingerprint density at radius 2 is 2.29 bits per heavy atom. The van der Waals surface area contributed by atoms with Crippen molar-refractivity contribution in [1.29, 1.82) is 0 Å². The monoisotopic (exact) mass is 260 g/mol. The van der Waals surface area contributed by atoms with Gasteiger partial charge in [-0.2, -0.15) is 5.10 Å². The Morgan fingerprint density at radius 1 is 1.59 bits per heavy atom. The number of H-pyrrole nitrogens is 1. The van der Waals surface area contributed by atoms with Gasteiger partial charge in [0, 0.05) is 6.07 Å². The second kappa shape index (κ2) is 5.78. The van der Waals surface area contributed by atoms with Crippen molar-refractivity contribution in [3.63, 3.8) is 0 Å². The van der Waals surface area contributed by atoms with Gasteiger partial charge in [-0.1, -0.05) is 6.92 Å². The van der Waals surface area contributed by atoms with E-state index in [0.717, 1.165) is 0 Å². The molecule has 1 rings (SSSR count). The van der Waals surface area contributed by atoms with Crippen LogP contribution >= 0.6 is 0 Å². The van der Waals surface area contributed by atoms with E-state index in [4.69, 9.17) is 0 Å². The summed E-state index contributed by atoms with van der Waals surface area (Å²) in [6.07, 6.45) is 1.99. The van der Waals surface area contributed by atoms with Crippen molar-refractivity contribution in [3.05, 3.63) is 12.3 Å². The molecule has 0 aliphatic heterocycles. The number of rotatable bonds is 6. The lowest BCUT2D eigenvalue weighted by atomic mass is 10.3. The molecule has 0 spiro atoms. The van der Waals surface area contributed by atoms with Crippen molar-refractivity contribution in [2.24, 2.45) is 0 Å². The highest BCUT2D eigenvalue weighted by atomic mass is 32.2. The molecule has 1 amide bonds. The van der Waals surface area contributed by atoms with Gasteiger partial charge in [0.2, 0.25) is 15.9 Å². The van der Waals surface area contributed by atoms with E-state index in [2.05, 4.69) is 20.2 Å². The van der Waals surface area contributed by atoms with Crippen LogP contribution < -0.4 is 10.0 Å². The van der Waals surface area contributed by atoms with Crippen LogP contribution in [0, 0.1) is 0 Å². The molecule has 1 aromatic rings. The van der Waals surface area contributed by atoms with E-state index in [9.17, 15) is 13.2 Å². The van der Waals surface area contributed by atoms with Crippen LogP contribution in [0.2, 0.25) is 0 Å². The first-order valence-electron chi connectivity index (χ1n) is 5.25. The predicted molar refractivity (Wildman–Crippen MR) is 63.9 cm³/mol. The summed E-state index contributed by atoms with van der Waals surface area (Å²) < 4.78 is 25.2. The highest BCUT2D eigenvalue weighted by Crippen LogP contribution is 2.00. The number of sulfonamides is 1. The lowest BCUT2D eigenvalue weighted by molar-refractivity contribution is -0.117. The van der Waals surface area contributed by atoms with Crippen LogP contribution in [0.4, 0.5) is 5.82 Å². The molecule has 3 N–H and O–H groups in total. The Hall–Kier alpha value is -1.41. The van der Waals surface area contributed by atoms with Gasteiger partial charge in [0.15, 0.2) is 0 Å². The third-order valence-electron chi connectivity index (χ3n) is 1.98. The average Bonchev–Trinajstić information content (AvgIpc) is 2.69. The zero-order valence-corrected chi connectivity index (χ0v) is 10.5. The van der Waals surface area contributed by atoms with E-state index in [1.54, 1.807) is 13.0 Å². The van der Waals surface area contributed by atoms with E-state index < -0.39 is 22.0 Å². The number of hydrogen-bond donors (Lipinski definition) is 3. The van der Waals surface area contributed by atoms with E-state index >= 15 is 0 Å². The number of carbonyl (C=O) groups is 1. The maximum absolute atomic E-state index is 11.6. The maximum Gasteiger partial charge on any atom is 0.243 e. The van der Waals surface area contributed by atoms with Gasteiger partial charge in [0.25, 0.3) is 0 Å². The zero-order valence-electron chi connectivity index (χ0n) is 9.73. The lowest BCUT2D eigenvalue weighted by Gasteiger charge is -2.13. The van der Waals surface area contributed by atoms with Crippen LogP contribution in [-0.2, 0) is 14.8 Å². The van der Waals surface area contributed by atoms with E-state index in [1.807, 2.05) is 0 Å². The molecular weight excluding hydrogens is 244 g/mol. The van der Waals surface area contributed by atoms with Crippen LogP contribution in [0.25, 0.3) is 0 Å². The number of aromatic amines is 1. The first-order valence-corrected chi connectivity index (χ1v) is 6.90. The van der Waals surface area contributed by atoms with Crippen molar-refractivity contribution < 1.29 is 13.2 Å². The van der Waals surface area contributed by atoms with Crippen molar-refractivity contribution >= 4 is 21.7 Å². The molecule has 8 heteroatoms. The van der Waals surface area contributed by atoms with Gasteiger partial charge in [0.05, 0.1) is 18.0 Å². The highest BCUT2D eigenvalue weighted by Gasteiger charge is 2.19. The van der Waals surface area contributed by atoms with Crippen LogP contribution in [0.3, 0.4) is 0 Å². The quantitative estimate of drug-likeness (QED) is 0.673.